The molecule has 0 spiro atoms. The van der Waals surface area contributed by atoms with Crippen molar-refractivity contribution in [3.05, 3.63) is 23.8 Å². The Bertz CT molecular complexity index is 654. The highest BCUT2D eigenvalue weighted by atomic mass is 32.2. The molecular weight excluding hydrogens is 320 g/mol. The number of carbonyl (C=O) groups excluding carboxylic acids is 1. The van der Waals surface area contributed by atoms with Crippen LogP contribution >= 0.6 is 0 Å². The first-order valence-corrected chi connectivity index (χ1v) is 9.07. The molecule has 0 saturated carbocycles. The van der Waals surface area contributed by atoms with Crippen LogP contribution in [0.25, 0.3) is 0 Å². The van der Waals surface area contributed by atoms with E-state index in [2.05, 4.69) is 5.32 Å². The highest BCUT2D eigenvalue weighted by molar-refractivity contribution is 7.89. The van der Waals surface area contributed by atoms with Gasteiger partial charge in [-0.2, -0.15) is 0 Å². The van der Waals surface area contributed by atoms with Crippen LogP contribution in [0.4, 0.5) is 0 Å². The van der Waals surface area contributed by atoms with Gasteiger partial charge < -0.3 is 14.8 Å². The number of hydrogen-bond acceptors (Lipinski definition) is 5. The van der Waals surface area contributed by atoms with Crippen molar-refractivity contribution >= 4 is 15.9 Å². The van der Waals surface area contributed by atoms with Gasteiger partial charge in [0.25, 0.3) is 5.91 Å². The van der Waals surface area contributed by atoms with E-state index in [1.807, 2.05) is 0 Å². The summed E-state index contributed by atoms with van der Waals surface area (Å²) in [6.45, 7) is 1.21. The average molecular weight is 342 g/mol. The number of nitrogens with zero attached hydrogens (tertiary/aromatic N) is 1. The monoisotopic (exact) mass is 342 g/mol. The van der Waals surface area contributed by atoms with Gasteiger partial charge in [0.2, 0.25) is 10.0 Å². The van der Waals surface area contributed by atoms with Crippen LogP contribution in [-0.4, -0.2) is 58.2 Å². The molecule has 0 bridgehead atoms. The van der Waals surface area contributed by atoms with Gasteiger partial charge in [-0.05, 0) is 25.0 Å². The summed E-state index contributed by atoms with van der Waals surface area (Å²) in [7, 11) is -0.310. The first-order chi connectivity index (χ1) is 11.0. The van der Waals surface area contributed by atoms with E-state index in [0.29, 0.717) is 30.2 Å². The number of ether oxygens (including phenoxy) is 2. The third-order valence-electron chi connectivity index (χ3n) is 3.76. The molecule has 1 saturated heterocycles. The molecule has 1 fully saturated rings. The largest absolute Gasteiger partial charge is 0.497 e. The molecule has 1 amide bonds. The van der Waals surface area contributed by atoms with Crippen molar-refractivity contribution in [2.45, 2.75) is 12.8 Å². The number of amides is 1. The van der Waals surface area contributed by atoms with Gasteiger partial charge in [0, 0.05) is 25.7 Å². The minimum Gasteiger partial charge on any atom is -0.497 e. The van der Waals surface area contributed by atoms with E-state index in [1.54, 1.807) is 18.2 Å². The SMILES string of the molecule is COc1ccc(C(=O)NCCS(=O)(=O)N2CCCC2)c(OC)c1. The van der Waals surface area contributed by atoms with Crippen molar-refractivity contribution in [3.63, 3.8) is 0 Å². The Morgan fingerprint density at radius 2 is 1.91 bits per heavy atom. The maximum absolute atomic E-state index is 12.2. The Morgan fingerprint density at radius 1 is 1.22 bits per heavy atom. The molecule has 1 N–H and O–H groups in total. The molecule has 1 aromatic carbocycles. The van der Waals surface area contributed by atoms with Gasteiger partial charge in [-0.1, -0.05) is 0 Å². The Hall–Kier alpha value is -1.80. The fourth-order valence-electron chi connectivity index (χ4n) is 2.47. The fourth-order valence-corrected chi connectivity index (χ4v) is 3.90. The van der Waals surface area contributed by atoms with Gasteiger partial charge in [-0.25, -0.2) is 12.7 Å². The molecule has 1 aliphatic rings. The molecule has 0 radical (unpaired) electrons. The summed E-state index contributed by atoms with van der Waals surface area (Å²) in [5.41, 5.74) is 0.340. The minimum absolute atomic E-state index is 0.0624. The Labute approximate surface area is 136 Å². The van der Waals surface area contributed by atoms with Crippen LogP contribution in [0.15, 0.2) is 18.2 Å². The zero-order valence-corrected chi connectivity index (χ0v) is 14.2. The zero-order valence-electron chi connectivity index (χ0n) is 13.4. The lowest BCUT2D eigenvalue weighted by Gasteiger charge is -2.16. The van der Waals surface area contributed by atoms with Crippen LogP contribution in [0.3, 0.4) is 0 Å². The molecular formula is C15H22N2O5S. The van der Waals surface area contributed by atoms with E-state index < -0.39 is 10.0 Å². The van der Waals surface area contributed by atoms with Crippen LogP contribution in [0.1, 0.15) is 23.2 Å². The molecule has 0 atom stereocenters. The highest BCUT2D eigenvalue weighted by Crippen LogP contribution is 2.24. The van der Waals surface area contributed by atoms with Gasteiger partial charge in [0.05, 0.1) is 25.5 Å². The van der Waals surface area contributed by atoms with Crippen LogP contribution in [0.2, 0.25) is 0 Å². The molecule has 7 nitrogen and oxygen atoms in total. The number of hydrogen-bond donors (Lipinski definition) is 1. The summed E-state index contributed by atoms with van der Waals surface area (Å²) in [5, 5.41) is 2.63. The van der Waals surface area contributed by atoms with Crippen molar-refractivity contribution in [2.24, 2.45) is 0 Å². The predicted octanol–water partition coefficient (Wildman–Crippen LogP) is 0.859. The standard InChI is InChI=1S/C15H22N2O5S/c1-21-12-5-6-13(14(11-12)22-2)15(18)16-7-10-23(19,20)17-8-3-4-9-17/h5-6,11H,3-4,7-10H2,1-2H3,(H,16,18). The van der Waals surface area contributed by atoms with Gasteiger partial charge >= 0.3 is 0 Å². The molecule has 1 heterocycles. The number of carbonyl (C=O) groups is 1. The van der Waals surface area contributed by atoms with Crippen LogP contribution in [0.5, 0.6) is 11.5 Å². The second-order valence-electron chi connectivity index (χ2n) is 5.24. The summed E-state index contributed by atoms with van der Waals surface area (Å²) >= 11 is 0. The Morgan fingerprint density at radius 3 is 2.52 bits per heavy atom. The molecule has 0 aromatic heterocycles. The molecule has 0 aliphatic carbocycles. The zero-order chi connectivity index (χ0) is 16.9. The van der Waals surface area contributed by atoms with Gasteiger partial charge in [-0.15, -0.1) is 0 Å². The van der Waals surface area contributed by atoms with E-state index in [1.165, 1.54) is 18.5 Å². The number of methoxy groups -OCH3 is 2. The second-order valence-corrected chi connectivity index (χ2v) is 7.33. The maximum atomic E-state index is 12.2. The third kappa shape index (κ3) is 4.35. The molecule has 0 unspecified atom stereocenters. The van der Waals surface area contributed by atoms with Gasteiger partial charge in [0.15, 0.2) is 0 Å². The lowest BCUT2D eigenvalue weighted by Crippen LogP contribution is -2.36. The van der Waals surface area contributed by atoms with Gasteiger partial charge in [-0.3, -0.25) is 4.79 Å². The number of nitrogens with one attached hydrogen (secondary N) is 1. The number of benzene rings is 1. The summed E-state index contributed by atoms with van der Waals surface area (Å²) in [6.07, 6.45) is 1.79. The first kappa shape index (κ1) is 17.6. The predicted molar refractivity (Wildman–Crippen MR) is 86.5 cm³/mol. The maximum Gasteiger partial charge on any atom is 0.255 e. The van der Waals surface area contributed by atoms with Crippen LogP contribution < -0.4 is 14.8 Å². The topological polar surface area (TPSA) is 84.9 Å². The van der Waals surface area contributed by atoms with E-state index in [-0.39, 0.29) is 18.2 Å². The van der Waals surface area contributed by atoms with E-state index in [0.717, 1.165) is 12.8 Å². The fraction of sp³-hybridized carbons (Fsp3) is 0.533. The molecule has 1 aromatic rings. The Kier molecular flexibility index (Phi) is 5.84. The first-order valence-electron chi connectivity index (χ1n) is 7.46. The smallest absolute Gasteiger partial charge is 0.255 e. The Balaban J connectivity index is 1.94. The summed E-state index contributed by atoms with van der Waals surface area (Å²) in [5.74, 6) is 0.484. The molecule has 23 heavy (non-hydrogen) atoms. The second kappa shape index (κ2) is 7.65. The van der Waals surface area contributed by atoms with E-state index in [4.69, 9.17) is 9.47 Å². The van der Waals surface area contributed by atoms with Crippen molar-refractivity contribution < 1.29 is 22.7 Å². The molecule has 1 aliphatic heterocycles. The highest BCUT2D eigenvalue weighted by Gasteiger charge is 2.25. The summed E-state index contributed by atoms with van der Waals surface area (Å²) < 4.78 is 35.9. The minimum atomic E-state index is -3.30. The quantitative estimate of drug-likeness (QED) is 0.794. The van der Waals surface area contributed by atoms with E-state index >= 15 is 0 Å². The summed E-state index contributed by atoms with van der Waals surface area (Å²) in [6, 6.07) is 4.84. The lowest BCUT2D eigenvalue weighted by atomic mass is 10.2. The van der Waals surface area contributed by atoms with E-state index in [9.17, 15) is 13.2 Å². The molecule has 128 valence electrons. The van der Waals surface area contributed by atoms with Crippen molar-refractivity contribution in [1.29, 1.82) is 0 Å². The number of rotatable bonds is 7. The van der Waals surface area contributed by atoms with Crippen molar-refractivity contribution in [2.75, 3.05) is 39.6 Å². The van der Waals surface area contributed by atoms with Crippen molar-refractivity contribution in [1.82, 2.24) is 9.62 Å². The summed E-state index contributed by atoms with van der Waals surface area (Å²) in [4.78, 5) is 12.2. The number of sulfonamides is 1. The third-order valence-corrected chi connectivity index (χ3v) is 5.63. The molecule has 2 rings (SSSR count). The van der Waals surface area contributed by atoms with Crippen LogP contribution in [0, 0.1) is 0 Å². The normalized spacial score (nSPS) is 15.4. The van der Waals surface area contributed by atoms with Gasteiger partial charge in [0.1, 0.15) is 11.5 Å². The van der Waals surface area contributed by atoms with Crippen molar-refractivity contribution in [3.8, 4) is 11.5 Å². The average Bonchev–Trinajstić information content (AvgIpc) is 3.09. The lowest BCUT2D eigenvalue weighted by molar-refractivity contribution is 0.0953. The molecule has 8 heteroatoms. The van der Waals surface area contributed by atoms with Crippen LogP contribution in [-0.2, 0) is 10.0 Å².